The zero-order valence-electron chi connectivity index (χ0n) is 14.4. The van der Waals surface area contributed by atoms with Crippen molar-refractivity contribution in [2.75, 3.05) is 17.7 Å². The van der Waals surface area contributed by atoms with E-state index in [4.69, 9.17) is 4.74 Å². The van der Waals surface area contributed by atoms with Crippen molar-refractivity contribution in [3.05, 3.63) is 72.3 Å². The van der Waals surface area contributed by atoms with Crippen molar-refractivity contribution in [1.82, 2.24) is 0 Å². The second-order valence-electron chi connectivity index (χ2n) is 5.88. The zero-order valence-corrected chi connectivity index (χ0v) is 15.2. The van der Waals surface area contributed by atoms with Gasteiger partial charge in [-0.2, -0.15) is 0 Å². The molecule has 0 atom stereocenters. The normalized spacial score (nSPS) is 10.5. The standard InChI is InChI=1S/C21H19NO3S/c1-15-5-4-8-18(11-15)22-20(23)13-25-21(24)14-26-19-10-9-16-6-2-3-7-17(16)12-19/h2-12H,13-14H2,1H3,(H,22,23). The third-order valence-corrected chi connectivity index (χ3v) is 4.71. The third-order valence-electron chi connectivity index (χ3n) is 3.74. The number of amides is 1. The SMILES string of the molecule is Cc1cccc(NC(=O)COC(=O)CSc2ccc3ccccc3c2)c1. The number of benzene rings is 3. The molecule has 4 nitrogen and oxygen atoms in total. The van der Waals surface area contributed by atoms with Gasteiger partial charge in [0.1, 0.15) is 0 Å². The number of hydrogen-bond acceptors (Lipinski definition) is 4. The van der Waals surface area contributed by atoms with Crippen molar-refractivity contribution in [3.63, 3.8) is 0 Å². The number of fused-ring (bicyclic) bond motifs is 1. The molecule has 0 heterocycles. The lowest BCUT2D eigenvalue weighted by molar-refractivity contribution is -0.144. The van der Waals surface area contributed by atoms with Crippen molar-refractivity contribution < 1.29 is 14.3 Å². The molecule has 0 aromatic heterocycles. The molecule has 3 rings (SSSR count). The summed E-state index contributed by atoms with van der Waals surface area (Å²) in [4.78, 5) is 24.7. The number of rotatable bonds is 6. The zero-order chi connectivity index (χ0) is 18.4. The molecule has 1 N–H and O–H groups in total. The fourth-order valence-electron chi connectivity index (χ4n) is 2.51. The van der Waals surface area contributed by atoms with E-state index in [1.165, 1.54) is 11.8 Å². The molecule has 3 aromatic carbocycles. The Hall–Kier alpha value is -2.79. The number of thioether (sulfide) groups is 1. The van der Waals surface area contributed by atoms with E-state index >= 15 is 0 Å². The Labute approximate surface area is 156 Å². The minimum absolute atomic E-state index is 0.163. The molecular formula is C21H19NO3S. The molecule has 0 aliphatic rings. The quantitative estimate of drug-likeness (QED) is 0.519. The van der Waals surface area contributed by atoms with Gasteiger partial charge in [0.05, 0.1) is 5.75 Å². The van der Waals surface area contributed by atoms with Gasteiger partial charge in [-0.3, -0.25) is 9.59 Å². The summed E-state index contributed by atoms with van der Waals surface area (Å²) in [5, 5.41) is 5.00. The first-order valence-electron chi connectivity index (χ1n) is 8.24. The van der Waals surface area contributed by atoms with Crippen LogP contribution in [0.2, 0.25) is 0 Å². The number of aryl methyl sites for hydroxylation is 1. The van der Waals surface area contributed by atoms with E-state index in [0.29, 0.717) is 5.69 Å². The predicted octanol–water partition coefficient (Wildman–Crippen LogP) is 4.42. The van der Waals surface area contributed by atoms with Crippen molar-refractivity contribution in [3.8, 4) is 0 Å². The van der Waals surface area contributed by atoms with Crippen LogP contribution in [-0.2, 0) is 14.3 Å². The molecule has 0 spiro atoms. The summed E-state index contributed by atoms with van der Waals surface area (Å²) in [5.74, 6) is -0.599. The number of esters is 1. The molecule has 132 valence electrons. The molecule has 26 heavy (non-hydrogen) atoms. The van der Waals surface area contributed by atoms with Crippen LogP contribution < -0.4 is 5.32 Å². The Bertz CT molecular complexity index is 939. The number of carbonyl (C=O) groups excluding carboxylic acids is 2. The second-order valence-corrected chi connectivity index (χ2v) is 6.92. The van der Waals surface area contributed by atoms with Gasteiger partial charge in [-0.1, -0.05) is 42.5 Å². The Balaban J connectivity index is 1.45. The summed E-state index contributed by atoms with van der Waals surface area (Å²) in [6.07, 6.45) is 0. The van der Waals surface area contributed by atoms with Gasteiger partial charge in [0.2, 0.25) is 0 Å². The lowest BCUT2D eigenvalue weighted by Gasteiger charge is -2.07. The molecular weight excluding hydrogens is 346 g/mol. The van der Waals surface area contributed by atoms with Crippen LogP contribution in [0.1, 0.15) is 5.56 Å². The van der Waals surface area contributed by atoms with Crippen LogP contribution >= 0.6 is 11.8 Å². The Morgan fingerprint density at radius 1 is 0.962 bits per heavy atom. The van der Waals surface area contributed by atoms with Gasteiger partial charge in [-0.15, -0.1) is 11.8 Å². The Morgan fingerprint density at radius 3 is 2.58 bits per heavy atom. The maximum Gasteiger partial charge on any atom is 0.316 e. The van der Waals surface area contributed by atoms with Crippen LogP contribution in [0.4, 0.5) is 5.69 Å². The molecule has 0 radical (unpaired) electrons. The molecule has 0 aliphatic carbocycles. The third kappa shape index (κ3) is 5.10. The second kappa shape index (κ2) is 8.54. The molecule has 5 heteroatoms. The monoisotopic (exact) mass is 365 g/mol. The summed E-state index contributed by atoms with van der Waals surface area (Å²) in [5.41, 5.74) is 1.74. The Morgan fingerprint density at radius 2 is 1.77 bits per heavy atom. The van der Waals surface area contributed by atoms with Crippen LogP contribution in [0, 0.1) is 6.92 Å². The number of anilines is 1. The van der Waals surface area contributed by atoms with Crippen LogP contribution in [0.3, 0.4) is 0 Å². The highest BCUT2D eigenvalue weighted by Crippen LogP contribution is 2.23. The van der Waals surface area contributed by atoms with Gasteiger partial charge in [0.15, 0.2) is 6.61 Å². The van der Waals surface area contributed by atoms with Crippen molar-refractivity contribution in [2.24, 2.45) is 0 Å². The molecule has 3 aromatic rings. The van der Waals surface area contributed by atoms with Gasteiger partial charge in [-0.05, 0) is 47.5 Å². The fourth-order valence-corrected chi connectivity index (χ4v) is 3.25. The van der Waals surface area contributed by atoms with E-state index in [-0.39, 0.29) is 18.3 Å². The molecule has 0 bridgehead atoms. The van der Waals surface area contributed by atoms with E-state index in [1.54, 1.807) is 6.07 Å². The topological polar surface area (TPSA) is 55.4 Å². The molecule has 0 unspecified atom stereocenters. The molecule has 1 amide bonds. The van der Waals surface area contributed by atoms with Crippen LogP contribution in [0.5, 0.6) is 0 Å². The van der Waals surface area contributed by atoms with E-state index < -0.39 is 5.97 Å². The number of hydrogen-bond donors (Lipinski definition) is 1. The highest BCUT2D eigenvalue weighted by molar-refractivity contribution is 8.00. The van der Waals surface area contributed by atoms with Gasteiger partial charge >= 0.3 is 5.97 Å². The van der Waals surface area contributed by atoms with Gasteiger partial charge < -0.3 is 10.1 Å². The average molecular weight is 365 g/mol. The van der Waals surface area contributed by atoms with Crippen LogP contribution in [0.25, 0.3) is 10.8 Å². The van der Waals surface area contributed by atoms with E-state index in [9.17, 15) is 9.59 Å². The van der Waals surface area contributed by atoms with Gasteiger partial charge in [-0.25, -0.2) is 0 Å². The minimum Gasteiger partial charge on any atom is -0.455 e. The van der Waals surface area contributed by atoms with Crippen molar-refractivity contribution in [2.45, 2.75) is 11.8 Å². The largest absolute Gasteiger partial charge is 0.455 e. The average Bonchev–Trinajstić information content (AvgIpc) is 2.64. The summed E-state index contributed by atoms with van der Waals surface area (Å²) >= 11 is 1.39. The van der Waals surface area contributed by atoms with Crippen LogP contribution in [-0.4, -0.2) is 24.2 Å². The van der Waals surface area contributed by atoms with Crippen molar-refractivity contribution >= 4 is 40.1 Å². The first kappa shape index (κ1) is 18.0. The van der Waals surface area contributed by atoms with E-state index in [2.05, 4.69) is 5.32 Å². The number of ether oxygens (including phenoxy) is 1. The number of carbonyl (C=O) groups is 2. The van der Waals surface area contributed by atoms with Crippen molar-refractivity contribution in [1.29, 1.82) is 0 Å². The number of nitrogens with one attached hydrogen (secondary N) is 1. The summed E-state index contributed by atoms with van der Waals surface area (Å²) in [6.45, 7) is 1.66. The summed E-state index contributed by atoms with van der Waals surface area (Å²) in [6, 6.07) is 21.6. The minimum atomic E-state index is -0.414. The Kier molecular flexibility index (Phi) is 5.92. The smallest absolute Gasteiger partial charge is 0.316 e. The molecule has 0 saturated heterocycles. The van der Waals surface area contributed by atoms with Gasteiger partial charge in [0, 0.05) is 10.6 Å². The first-order valence-corrected chi connectivity index (χ1v) is 9.22. The molecule has 0 saturated carbocycles. The predicted molar refractivity (Wildman–Crippen MR) is 105 cm³/mol. The highest BCUT2D eigenvalue weighted by Gasteiger charge is 2.09. The maximum absolute atomic E-state index is 11.9. The summed E-state index contributed by atoms with van der Waals surface area (Å²) in [7, 11) is 0. The van der Waals surface area contributed by atoms with Crippen LogP contribution in [0.15, 0.2) is 71.6 Å². The lowest BCUT2D eigenvalue weighted by atomic mass is 10.1. The van der Waals surface area contributed by atoms with Gasteiger partial charge in [0.25, 0.3) is 5.91 Å². The van der Waals surface area contributed by atoms with E-state index in [0.717, 1.165) is 21.2 Å². The van der Waals surface area contributed by atoms with E-state index in [1.807, 2.05) is 67.6 Å². The molecule has 0 aliphatic heterocycles. The fraction of sp³-hybridized carbons (Fsp3) is 0.143. The maximum atomic E-state index is 11.9. The lowest BCUT2D eigenvalue weighted by Crippen LogP contribution is -2.21. The highest BCUT2D eigenvalue weighted by atomic mass is 32.2. The first-order chi connectivity index (χ1) is 12.6. The molecule has 0 fully saturated rings. The summed E-state index contributed by atoms with van der Waals surface area (Å²) < 4.78 is 5.04.